The molecule has 7 heteroatoms. The van der Waals surface area contributed by atoms with E-state index in [1.165, 1.54) is 9.80 Å². The minimum Gasteiger partial charge on any atom is -0.291 e. The third kappa shape index (κ3) is 2.83. The molecule has 0 aliphatic carbocycles. The van der Waals surface area contributed by atoms with Gasteiger partial charge in [-0.05, 0) is 30.3 Å². The van der Waals surface area contributed by atoms with E-state index in [9.17, 15) is 15.3 Å². The van der Waals surface area contributed by atoms with Crippen molar-refractivity contribution in [1.29, 1.82) is 10.5 Å². The first kappa shape index (κ1) is 16.8. The van der Waals surface area contributed by atoms with E-state index in [4.69, 9.17) is 11.6 Å². The molecule has 27 heavy (non-hydrogen) atoms. The highest BCUT2D eigenvalue weighted by Crippen LogP contribution is 2.34. The van der Waals surface area contributed by atoms with E-state index in [0.717, 1.165) is 5.39 Å². The second-order valence-corrected chi connectivity index (χ2v) is 6.53. The molecule has 1 saturated heterocycles. The number of carbonyl (C=O) groups excluding carboxylic acids is 1. The maximum atomic E-state index is 13.2. The summed E-state index contributed by atoms with van der Waals surface area (Å²) in [6.45, 7) is 0.212. The number of nitrogens with zero attached hydrogens (tertiary/aromatic N) is 5. The number of fused-ring (bicyclic) bond motifs is 1. The monoisotopic (exact) mass is 373 g/mol. The standard InChI is InChI=1S/C20H12ClN5O/c21-15-2-1-3-16(7-15)25-12-17(9-23)26(20(25)27)19-11-24-10-14-5-4-13(8-22)6-18(14)19/h1-7,10-11,17H,12H2/t17-/m0/s1. The fourth-order valence-corrected chi connectivity index (χ4v) is 3.42. The minimum atomic E-state index is -0.686. The number of amides is 2. The molecule has 0 N–H and O–H groups in total. The first-order valence-electron chi connectivity index (χ1n) is 8.16. The van der Waals surface area contributed by atoms with Gasteiger partial charge in [0.15, 0.2) is 0 Å². The van der Waals surface area contributed by atoms with Crippen molar-refractivity contribution in [3.8, 4) is 12.1 Å². The van der Waals surface area contributed by atoms with Gasteiger partial charge in [0.1, 0.15) is 6.04 Å². The molecule has 4 rings (SSSR count). The molecular formula is C20H12ClN5O. The number of pyridine rings is 1. The molecule has 2 amide bonds. The van der Waals surface area contributed by atoms with Crippen LogP contribution in [0, 0.1) is 22.7 Å². The van der Waals surface area contributed by atoms with Crippen LogP contribution in [0.5, 0.6) is 0 Å². The molecule has 1 fully saturated rings. The molecule has 130 valence electrons. The smallest absolute Gasteiger partial charge is 0.291 e. The summed E-state index contributed by atoms with van der Waals surface area (Å²) in [6.07, 6.45) is 3.21. The van der Waals surface area contributed by atoms with E-state index >= 15 is 0 Å². The van der Waals surface area contributed by atoms with Crippen LogP contribution >= 0.6 is 11.6 Å². The lowest BCUT2D eigenvalue weighted by atomic mass is 10.1. The molecular weight excluding hydrogens is 362 g/mol. The Hall–Kier alpha value is -3.61. The Kier molecular flexibility index (Phi) is 4.12. The van der Waals surface area contributed by atoms with Gasteiger partial charge in [0.2, 0.25) is 0 Å². The lowest BCUT2D eigenvalue weighted by Crippen LogP contribution is -2.34. The van der Waals surface area contributed by atoms with Crippen molar-refractivity contribution in [3.05, 3.63) is 65.4 Å². The Labute approximate surface area is 160 Å². The molecule has 6 nitrogen and oxygen atoms in total. The molecule has 1 aliphatic rings. The predicted octanol–water partition coefficient (Wildman–Crippen LogP) is 4.10. The van der Waals surface area contributed by atoms with E-state index in [1.807, 2.05) is 0 Å². The van der Waals surface area contributed by atoms with Crippen molar-refractivity contribution in [2.45, 2.75) is 6.04 Å². The number of carbonyl (C=O) groups is 1. The lowest BCUT2D eigenvalue weighted by molar-refractivity contribution is 0.255. The van der Waals surface area contributed by atoms with Gasteiger partial charge >= 0.3 is 6.03 Å². The lowest BCUT2D eigenvalue weighted by Gasteiger charge is -2.21. The zero-order valence-electron chi connectivity index (χ0n) is 14.0. The summed E-state index contributed by atoms with van der Waals surface area (Å²) < 4.78 is 0. The molecule has 0 bridgehead atoms. The third-order valence-corrected chi connectivity index (χ3v) is 4.74. The highest BCUT2D eigenvalue weighted by molar-refractivity contribution is 6.31. The Bertz CT molecular complexity index is 1150. The van der Waals surface area contributed by atoms with E-state index in [0.29, 0.717) is 27.3 Å². The molecule has 0 spiro atoms. The number of urea groups is 1. The largest absolute Gasteiger partial charge is 0.330 e. The zero-order valence-corrected chi connectivity index (χ0v) is 14.8. The number of hydrogen-bond acceptors (Lipinski definition) is 4. The van der Waals surface area contributed by atoms with Gasteiger partial charge in [-0.25, -0.2) is 4.79 Å². The Morgan fingerprint density at radius 3 is 2.74 bits per heavy atom. The number of aromatic nitrogens is 1. The molecule has 2 heterocycles. The SMILES string of the molecule is N#Cc1ccc2cncc(N3C(=O)N(c4cccc(Cl)c4)C[C@@H]3C#N)c2c1. The number of nitriles is 2. The highest BCUT2D eigenvalue weighted by Gasteiger charge is 2.40. The van der Waals surface area contributed by atoms with E-state index in [1.54, 1.807) is 54.9 Å². The summed E-state index contributed by atoms with van der Waals surface area (Å²) in [5.41, 5.74) is 1.61. The van der Waals surface area contributed by atoms with Crippen LogP contribution in [0.15, 0.2) is 54.9 Å². The number of hydrogen-bond donors (Lipinski definition) is 0. The number of rotatable bonds is 2. The van der Waals surface area contributed by atoms with Gasteiger partial charge in [0.25, 0.3) is 0 Å². The van der Waals surface area contributed by atoms with Gasteiger partial charge in [0.05, 0.1) is 36.1 Å². The summed E-state index contributed by atoms with van der Waals surface area (Å²) >= 11 is 6.05. The molecule has 0 radical (unpaired) electrons. The normalized spacial score (nSPS) is 16.4. The van der Waals surface area contributed by atoms with Gasteiger partial charge in [-0.3, -0.25) is 14.8 Å². The fourth-order valence-electron chi connectivity index (χ4n) is 3.24. The summed E-state index contributed by atoms with van der Waals surface area (Å²) in [6, 6.07) is 15.4. The fraction of sp³-hybridized carbons (Fsp3) is 0.100. The predicted molar refractivity (Wildman–Crippen MR) is 103 cm³/mol. The van der Waals surface area contributed by atoms with Crippen molar-refractivity contribution in [2.24, 2.45) is 0 Å². The molecule has 2 aromatic carbocycles. The Balaban J connectivity index is 1.84. The van der Waals surface area contributed by atoms with Crippen LogP contribution in [0.4, 0.5) is 16.2 Å². The van der Waals surface area contributed by atoms with Crippen LogP contribution in [0.1, 0.15) is 5.56 Å². The summed E-state index contributed by atoms with van der Waals surface area (Å²) in [5, 5.41) is 20.8. The summed E-state index contributed by atoms with van der Waals surface area (Å²) in [5.74, 6) is 0. The van der Waals surface area contributed by atoms with Gasteiger partial charge in [0, 0.05) is 27.7 Å². The van der Waals surface area contributed by atoms with Crippen molar-refractivity contribution >= 4 is 39.8 Å². The van der Waals surface area contributed by atoms with Gasteiger partial charge in [-0.15, -0.1) is 0 Å². The van der Waals surface area contributed by atoms with Crippen molar-refractivity contribution in [1.82, 2.24) is 4.98 Å². The molecule has 1 aliphatic heterocycles. The zero-order chi connectivity index (χ0) is 19.0. The van der Waals surface area contributed by atoms with Crippen LogP contribution in [0.3, 0.4) is 0 Å². The van der Waals surface area contributed by atoms with Crippen LogP contribution < -0.4 is 9.80 Å². The molecule has 3 aromatic rings. The quantitative estimate of drug-likeness (QED) is 0.677. The number of benzene rings is 2. The number of halogens is 1. The minimum absolute atomic E-state index is 0.212. The summed E-state index contributed by atoms with van der Waals surface area (Å²) in [7, 11) is 0. The van der Waals surface area contributed by atoms with Gasteiger partial charge < -0.3 is 0 Å². The van der Waals surface area contributed by atoms with Crippen molar-refractivity contribution < 1.29 is 4.79 Å². The molecule has 0 unspecified atom stereocenters. The molecule has 1 aromatic heterocycles. The third-order valence-electron chi connectivity index (χ3n) is 4.50. The number of anilines is 2. The van der Waals surface area contributed by atoms with E-state index < -0.39 is 6.04 Å². The maximum absolute atomic E-state index is 13.2. The average Bonchev–Trinajstić information content (AvgIpc) is 3.03. The average molecular weight is 374 g/mol. The summed E-state index contributed by atoms with van der Waals surface area (Å²) in [4.78, 5) is 20.3. The van der Waals surface area contributed by atoms with Crippen molar-refractivity contribution in [2.75, 3.05) is 16.3 Å². The maximum Gasteiger partial charge on any atom is 0.330 e. The Morgan fingerprint density at radius 1 is 1.15 bits per heavy atom. The molecule has 1 atom stereocenters. The molecule has 0 saturated carbocycles. The van der Waals surface area contributed by atoms with E-state index in [-0.39, 0.29) is 12.6 Å². The van der Waals surface area contributed by atoms with Gasteiger partial charge in [-0.2, -0.15) is 10.5 Å². The highest BCUT2D eigenvalue weighted by atomic mass is 35.5. The van der Waals surface area contributed by atoms with Crippen LogP contribution in [-0.4, -0.2) is 23.6 Å². The van der Waals surface area contributed by atoms with Crippen molar-refractivity contribution in [3.63, 3.8) is 0 Å². The van der Waals surface area contributed by atoms with Crippen LogP contribution in [0.25, 0.3) is 10.8 Å². The Morgan fingerprint density at radius 2 is 2.00 bits per heavy atom. The van der Waals surface area contributed by atoms with Crippen LogP contribution in [-0.2, 0) is 0 Å². The van der Waals surface area contributed by atoms with Crippen LogP contribution in [0.2, 0.25) is 5.02 Å². The second-order valence-electron chi connectivity index (χ2n) is 6.09. The van der Waals surface area contributed by atoms with Gasteiger partial charge in [-0.1, -0.05) is 23.7 Å². The van der Waals surface area contributed by atoms with E-state index in [2.05, 4.69) is 17.1 Å². The first-order valence-corrected chi connectivity index (χ1v) is 8.54. The topological polar surface area (TPSA) is 84.0 Å². The second kappa shape index (κ2) is 6.60. The first-order chi connectivity index (χ1) is 13.1.